The second-order valence-electron chi connectivity index (χ2n) is 5.46. The van der Waals surface area contributed by atoms with Crippen molar-refractivity contribution < 1.29 is 17.2 Å². The van der Waals surface area contributed by atoms with Crippen LogP contribution in [0.4, 0.5) is 8.78 Å². The number of hydrogen-bond donors (Lipinski definition) is 1. The first kappa shape index (κ1) is 20.1. The summed E-state index contributed by atoms with van der Waals surface area (Å²) in [7, 11) is -4.07. The van der Waals surface area contributed by atoms with E-state index in [9.17, 15) is 17.2 Å². The minimum Gasteiger partial charge on any atom is -0.313 e. The summed E-state index contributed by atoms with van der Waals surface area (Å²) in [6.45, 7) is 0.981. The molecule has 1 unspecified atom stereocenters. The molecule has 9 heteroatoms. The van der Waals surface area contributed by atoms with Crippen molar-refractivity contribution in [3.63, 3.8) is 0 Å². The Morgan fingerprint density at radius 2 is 1.76 bits per heavy atom. The van der Waals surface area contributed by atoms with E-state index in [2.05, 4.69) is 5.32 Å². The molecule has 2 aromatic carbocycles. The van der Waals surface area contributed by atoms with Crippen LogP contribution in [0.2, 0.25) is 5.02 Å². The second-order valence-corrected chi connectivity index (χ2v) is 7.76. The smallest absolute Gasteiger partial charge is 0.243 e. The van der Waals surface area contributed by atoms with Crippen molar-refractivity contribution in [2.75, 3.05) is 19.6 Å². The Bertz CT molecular complexity index is 845. The molecule has 0 radical (unpaired) electrons. The van der Waals surface area contributed by atoms with Gasteiger partial charge in [-0.2, -0.15) is 4.31 Å². The van der Waals surface area contributed by atoms with E-state index in [0.717, 1.165) is 12.1 Å². The quantitative estimate of drug-likeness (QED) is 0.846. The highest BCUT2D eigenvalue weighted by Crippen LogP contribution is 2.33. The lowest BCUT2D eigenvalue weighted by Gasteiger charge is -2.35. The van der Waals surface area contributed by atoms with Gasteiger partial charge >= 0.3 is 0 Å². The fourth-order valence-electron chi connectivity index (χ4n) is 2.80. The Hall–Kier alpha value is -1.25. The monoisotopic (exact) mass is 408 g/mol. The number of sulfonamides is 1. The zero-order valence-corrected chi connectivity index (χ0v) is 15.3. The summed E-state index contributed by atoms with van der Waals surface area (Å²) >= 11 is 6.20. The predicted octanol–water partition coefficient (Wildman–Crippen LogP) is 3.38. The Morgan fingerprint density at radius 3 is 2.40 bits per heavy atom. The number of hydrogen-bond acceptors (Lipinski definition) is 3. The van der Waals surface area contributed by atoms with Crippen molar-refractivity contribution in [2.45, 2.75) is 10.9 Å². The third-order valence-corrected chi connectivity index (χ3v) is 6.13. The minimum absolute atomic E-state index is 0. The highest BCUT2D eigenvalue weighted by atomic mass is 35.5. The van der Waals surface area contributed by atoms with Gasteiger partial charge in [-0.1, -0.05) is 29.8 Å². The van der Waals surface area contributed by atoms with Gasteiger partial charge in [0.05, 0.1) is 10.9 Å². The second kappa shape index (κ2) is 7.97. The SMILES string of the molecule is Cl.O=S(=O)(c1cc(F)cc(F)c1)N1CCNCC1c1ccccc1Cl. The summed E-state index contributed by atoms with van der Waals surface area (Å²) in [5, 5.41) is 3.57. The molecule has 0 aromatic heterocycles. The van der Waals surface area contributed by atoms with Crippen LogP contribution in [0, 0.1) is 11.6 Å². The summed E-state index contributed by atoms with van der Waals surface area (Å²) in [5.74, 6) is -1.86. The lowest BCUT2D eigenvalue weighted by molar-refractivity contribution is 0.271. The average molecular weight is 409 g/mol. The van der Waals surface area contributed by atoms with Crippen LogP contribution in [0.1, 0.15) is 11.6 Å². The highest BCUT2D eigenvalue weighted by molar-refractivity contribution is 7.89. The van der Waals surface area contributed by atoms with E-state index in [1.807, 2.05) is 0 Å². The van der Waals surface area contributed by atoms with Crippen molar-refractivity contribution in [1.29, 1.82) is 0 Å². The molecule has 136 valence electrons. The van der Waals surface area contributed by atoms with Crippen molar-refractivity contribution in [3.8, 4) is 0 Å². The van der Waals surface area contributed by atoms with Crippen molar-refractivity contribution in [3.05, 3.63) is 64.7 Å². The van der Waals surface area contributed by atoms with E-state index in [1.165, 1.54) is 4.31 Å². The first-order chi connectivity index (χ1) is 11.4. The van der Waals surface area contributed by atoms with Crippen LogP contribution in [-0.4, -0.2) is 32.4 Å². The largest absolute Gasteiger partial charge is 0.313 e. The maximum Gasteiger partial charge on any atom is 0.243 e. The van der Waals surface area contributed by atoms with E-state index in [0.29, 0.717) is 29.7 Å². The van der Waals surface area contributed by atoms with E-state index < -0.39 is 32.6 Å². The molecule has 0 aliphatic carbocycles. The Morgan fingerprint density at radius 1 is 1.12 bits per heavy atom. The van der Waals surface area contributed by atoms with Gasteiger partial charge in [-0.3, -0.25) is 0 Å². The normalized spacial score (nSPS) is 18.6. The van der Waals surface area contributed by atoms with Crippen LogP contribution in [-0.2, 0) is 10.0 Å². The molecule has 4 nitrogen and oxygen atoms in total. The van der Waals surface area contributed by atoms with Crippen LogP contribution < -0.4 is 5.32 Å². The van der Waals surface area contributed by atoms with Crippen LogP contribution in [0.3, 0.4) is 0 Å². The molecule has 1 heterocycles. The molecule has 25 heavy (non-hydrogen) atoms. The lowest BCUT2D eigenvalue weighted by atomic mass is 10.1. The summed E-state index contributed by atoms with van der Waals surface area (Å²) in [4.78, 5) is -0.404. The lowest BCUT2D eigenvalue weighted by Crippen LogP contribution is -2.48. The molecule has 0 amide bonds. The van der Waals surface area contributed by atoms with Crippen LogP contribution >= 0.6 is 24.0 Å². The Balaban J connectivity index is 0.00000225. The van der Waals surface area contributed by atoms with Gasteiger partial charge in [-0.05, 0) is 23.8 Å². The number of piperazine rings is 1. The molecule has 1 aliphatic heterocycles. The fraction of sp³-hybridized carbons (Fsp3) is 0.250. The third kappa shape index (κ3) is 4.12. The molecule has 0 bridgehead atoms. The maximum absolute atomic E-state index is 13.5. The first-order valence-corrected chi connectivity index (χ1v) is 9.14. The molecule has 1 N–H and O–H groups in total. The Kier molecular flexibility index (Phi) is 6.40. The van der Waals surface area contributed by atoms with Crippen molar-refractivity contribution >= 4 is 34.0 Å². The van der Waals surface area contributed by atoms with Crippen molar-refractivity contribution in [1.82, 2.24) is 9.62 Å². The predicted molar refractivity (Wildman–Crippen MR) is 94.6 cm³/mol. The molecule has 0 spiro atoms. The molecule has 2 aromatic rings. The van der Waals surface area contributed by atoms with E-state index in [4.69, 9.17) is 11.6 Å². The van der Waals surface area contributed by atoms with Gasteiger partial charge in [0.15, 0.2) is 0 Å². The molecule has 3 rings (SSSR count). The highest BCUT2D eigenvalue weighted by Gasteiger charge is 2.35. The average Bonchev–Trinajstić information content (AvgIpc) is 2.54. The summed E-state index contributed by atoms with van der Waals surface area (Å²) < 4.78 is 54.0. The summed E-state index contributed by atoms with van der Waals surface area (Å²) in [5.41, 5.74) is 0.645. The van der Waals surface area contributed by atoms with Gasteiger partial charge in [0.1, 0.15) is 11.6 Å². The van der Waals surface area contributed by atoms with Crippen molar-refractivity contribution in [2.24, 2.45) is 0 Å². The molecule has 1 saturated heterocycles. The zero-order valence-electron chi connectivity index (χ0n) is 13.0. The van der Waals surface area contributed by atoms with E-state index >= 15 is 0 Å². The van der Waals surface area contributed by atoms with Gasteiger partial charge in [0.2, 0.25) is 10.0 Å². The maximum atomic E-state index is 13.5. The summed E-state index contributed by atoms with van der Waals surface area (Å²) in [6.07, 6.45) is 0. The van der Waals surface area contributed by atoms with Crippen LogP contribution in [0.15, 0.2) is 47.4 Å². The molecule has 0 saturated carbocycles. The number of halogens is 4. The first-order valence-electron chi connectivity index (χ1n) is 7.32. The van der Waals surface area contributed by atoms with Gasteiger partial charge in [0, 0.05) is 30.7 Å². The number of nitrogens with one attached hydrogen (secondary N) is 1. The van der Waals surface area contributed by atoms with Crippen LogP contribution in [0.25, 0.3) is 0 Å². The van der Waals surface area contributed by atoms with E-state index in [-0.39, 0.29) is 19.0 Å². The molecular weight excluding hydrogens is 393 g/mol. The fourth-order valence-corrected chi connectivity index (χ4v) is 4.71. The molecule has 1 fully saturated rings. The third-order valence-electron chi connectivity index (χ3n) is 3.90. The molecular formula is C16H16Cl2F2N2O2S. The van der Waals surface area contributed by atoms with Gasteiger partial charge in [-0.25, -0.2) is 17.2 Å². The van der Waals surface area contributed by atoms with E-state index in [1.54, 1.807) is 24.3 Å². The van der Waals surface area contributed by atoms with Crippen LogP contribution in [0.5, 0.6) is 0 Å². The Labute approximate surface area is 156 Å². The van der Waals surface area contributed by atoms with Gasteiger partial charge in [0.25, 0.3) is 0 Å². The number of nitrogens with zero attached hydrogens (tertiary/aromatic N) is 1. The molecule has 1 aliphatic rings. The topological polar surface area (TPSA) is 49.4 Å². The number of benzene rings is 2. The van der Waals surface area contributed by atoms with Gasteiger partial charge < -0.3 is 5.32 Å². The van der Waals surface area contributed by atoms with Gasteiger partial charge in [-0.15, -0.1) is 12.4 Å². The standard InChI is InChI=1S/C16H15ClF2N2O2S.ClH/c17-15-4-2-1-3-14(15)16-10-20-5-6-21(16)24(22,23)13-8-11(18)7-12(19)9-13;/h1-4,7-9,16,20H,5-6,10H2;1H. The molecule has 1 atom stereocenters. The number of rotatable bonds is 3. The zero-order chi connectivity index (χ0) is 17.3. The minimum atomic E-state index is -4.07. The summed E-state index contributed by atoms with van der Waals surface area (Å²) in [6, 6.07) is 8.68.